The average Bonchev–Trinajstić information content (AvgIpc) is 2.87. The van der Waals surface area contributed by atoms with Crippen molar-refractivity contribution >= 4 is 10.1 Å². The van der Waals surface area contributed by atoms with E-state index in [-0.39, 0.29) is 0 Å². The number of hydrogen-bond donors (Lipinski definition) is 0. The Morgan fingerprint density at radius 1 is 0.917 bits per heavy atom. The van der Waals surface area contributed by atoms with Gasteiger partial charge in [-0.25, -0.2) is 8.42 Å². The number of likely N-dealkylation sites (tertiary alicyclic amines) is 1. The summed E-state index contributed by atoms with van der Waals surface area (Å²) < 4.78 is 60.3. The first kappa shape index (κ1) is 23.7. The SMILES string of the molecule is CCCCCCCCCC[N+]1(C)CCCC1.O=S(=O)([O-])C(F)(F)F. The predicted octanol–water partition coefficient (Wildman–Crippen LogP) is 4.42. The van der Waals surface area contributed by atoms with Gasteiger partial charge in [-0.05, 0) is 12.8 Å². The first-order valence-corrected chi connectivity index (χ1v) is 10.3. The molecule has 0 aromatic heterocycles. The molecule has 0 radical (unpaired) electrons. The Morgan fingerprint density at radius 2 is 1.29 bits per heavy atom. The minimum Gasteiger partial charge on any atom is -0.741 e. The standard InChI is InChI=1S/C15H32N.CHF3O3S/c1-3-4-5-6-7-8-9-10-13-16(2)14-11-12-15-16;2-1(3,4)8(5,6)7/h3-15H2,1-2H3;(H,5,6,7)/q+1;/p-1. The van der Waals surface area contributed by atoms with Gasteiger partial charge in [0, 0.05) is 12.8 Å². The van der Waals surface area contributed by atoms with Crippen LogP contribution < -0.4 is 0 Å². The van der Waals surface area contributed by atoms with Crippen molar-refractivity contribution in [3.05, 3.63) is 0 Å². The second-order valence-corrected chi connectivity index (χ2v) is 8.24. The summed E-state index contributed by atoms with van der Waals surface area (Å²) in [4.78, 5) is 0. The third-order valence-corrected chi connectivity index (χ3v) is 5.05. The smallest absolute Gasteiger partial charge is 0.485 e. The number of rotatable bonds is 9. The zero-order valence-corrected chi connectivity index (χ0v) is 15.7. The first-order valence-electron chi connectivity index (χ1n) is 8.87. The van der Waals surface area contributed by atoms with Crippen molar-refractivity contribution in [3.63, 3.8) is 0 Å². The molecule has 1 aliphatic heterocycles. The predicted molar refractivity (Wildman–Crippen MR) is 88.4 cm³/mol. The van der Waals surface area contributed by atoms with Crippen LogP contribution in [0.2, 0.25) is 0 Å². The molecule has 0 aliphatic carbocycles. The molecule has 1 rings (SSSR count). The molecule has 0 bridgehead atoms. The summed E-state index contributed by atoms with van der Waals surface area (Å²) in [7, 11) is -3.64. The van der Waals surface area contributed by atoms with E-state index < -0.39 is 15.6 Å². The minimum atomic E-state index is -6.09. The number of quaternary nitrogens is 1. The van der Waals surface area contributed by atoms with Crippen LogP contribution in [-0.4, -0.2) is 49.6 Å². The molecule has 1 heterocycles. The molecule has 1 aliphatic rings. The number of unbranched alkanes of at least 4 members (excludes halogenated alkanes) is 7. The van der Waals surface area contributed by atoms with Crippen LogP contribution in [0.25, 0.3) is 0 Å². The highest BCUT2D eigenvalue weighted by molar-refractivity contribution is 7.86. The summed E-state index contributed by atoms with van der Waals surface area (Å²) in [6, 6.07) is 0. The van der Waals surface area contributed by atoms with Gasteiger partial charge >= 0.3 is 5.51 Å². The van der Waals surface area contributed by atoms with E-state index in [2.05, 4.69) is 14.0 Å². The normalized spacial score (nSPS) is 17.4. The number of hydrogen-bond acceptors (Lipinski definition) is 3. The highest BCUT2D eigenvalue weighted by Crippen LogP contribution is 2.20. The van der Waals surface area contributed by atoms with Crippen molar-refractivity contribution < 1.29 is 30.6 Å². The van der Waals surface area contributed by atoms with Crippen LogP contribution in [0.3, 0.4) is 0 Å². The molecule has 0 saturated carbocycles. The van der Waals surface area contributed by atoms with E-state index in [4.69, 9.17) is 13.0 Å². The molecule has 4 nitrogen and oxygen atoms in total. The van der Waals surface area contributed by atoms with Gasteiger partial charge in [0.25, 0.3) is 0 Å². The van der Waals surface area contributed by atoms with Gasteiger partial charge in [-0.2, -0.15) is 13.2 Å². The topological polar surface area (TPSA) is 57.2 Å². The van der Waals surface area contributed by atoms with Crippen molar-refractivity contribution in [3.8, 4) is 0 Å². The third kappa shape index (κ3) is 11.3. The van der Waals surface area contributed by atoms with Gasteiger partial charge < -0.3 is 9.04 Å². The molecule has 1 saturated heterocycles. The molecule has 8 heteroatoms. The van der Waals surface area contributed by atoms with Crippen molar-refractivity contribution in [1.29, 1.82) is 0 Å². The van der Waals surface area contributed by atoms with Crippen molar-refractivity contribution in [2.45, 2.75) is 76.6 Å². The van der Waals surface area contributed by atoms with Gasteiger partial charge in [0.15, 0.2) is 10.1 Å². The first-order chi connectivity index (χ1) is 11.0. The monoisotopic (exact) mass is 375 g/mol. The van der Waals surface area contributed by atoms with Crippen LogP contribution in [0.5, 0.6) is 0 Å². The van der Waals surface area contributed by atoms with Crippen molar-refractivity contribution in [1.82, 2.24) is 0 Å². The maximum atomic E-state index is 10.7. The fourth-order valence-corrected chi connectivity index (χ4v) is 2.95. The molecule has 0 atom stereocenters. The van der Waals surface area contributed by atoms with E-state index in [1.54, 1.807) is 0 Å². The second-order valence-electron chi connectivity index (χ2n) is 6.87. The van der Waals surface area contributed by atoms with Crippen molar-refractivity contribution in [2.75, 3.05) is 26.7 Å². The molecular formula is C16H32F3NO3S. The van der Waals surface area contributed by atoms with Crippen LogP contribution in [-0.2, 0) is 10.1 Å². The Labute approximate surface area is 144 Å². The lowest BCUT2D eigenvalue weighted by Crippen LogP contribution is -2.41. The molecule has 0 aromatic rings. The van der Waals surface area contributed by atoms with Crippen LogP contribution in [0.15, 0.2) is 0 Å². The number of nitrogens with zero attached hydrogens (tertiary/aromatic N) is 1. The quantitative estimate of drug-likeness (QED) is 0.259. The molecule has 0 aromatic carbocycles. The molecule has 0 spiro atoms. The zero-order chi connectivity index (χ0) is 18.7. The second kappa shape index (κ2) is 11.3. The van der Waals surface area contributed by atoms with Crippen LogP contribution in [0, 0.1) is 0 Å². The molecule has 1 fully saturated rings. The van der Waals surface area contributed by atoms with Gasteiger partial charge in [0.05, 0.1) is 26.7 Å². The summed E-state index contributed by atoms with van der Waals surface area (Å²) >= 11 is 0. The van der Waals surface area contributed by atoms with E-state index in [0.29, 0.717) is 0 Å². The van der Waals surface area contributed by atoms with Gasteiger partial charge in [0.1, 0.15) is 0 Å². The van der Waals surface area contributed by atoms with E-state index in [0.717, 1.165) is 0 Å². The molecule has 0 unspecified atom stereocenters. The Morgan fingerprint density at radius 3 is 1.67 bits per heavy atom. The lowest BCUT2D eigenvalue weighted by Gasteiger charge is -2.29. The Balaban J connectivity index is 0.000000561. The van der Waals surface area contributed by atoms with Crippen molar-refractivity contribution in [2.24, 2.45) is 0 Å². The zero-order valence-electron chi connectivity index (χ0n) is 14.9. The highest BCUT2D eigenvalue weighted by atomic mass is 32.2. The molecule has 0 amide bonds. The Hall–Kier alpha value is -0.340. The summed E-state index contributed by atoms with van der Waals surface area (Å²) in [5.41, 5.74) is -5.65. The average molecular weight is 375 g/mol. The largest absolute Gasteiger partial charge is 0.741 e. The van der Waals surface area contributed by atoms with Gasteiger partial charge in [-0.1, -0.05) is 45.4 Å². The molecule has 146 valence electrons. The van der Waals surface area contributed by atoms with E-state index >= 15 is 0 Å². The van der Waals surface area contributed by atoms with Gasteiger partial charge in [-0.15, -0.1) is 0 Å². The molecular weight excluding hydrogens is 343 g/mol. The molecule has 24 heavy (non-hydrogen) atoms. The highest BCUT2D eigenvalue weighted by Gasteiger charge is 2.36. The van der Waals surface area contributed by atoms with Gasteiger partial charge in [-0.3, -0.25) is 0 Å². The summed E-state index contributed by atoms with van der Waals surface area (Å²) in [5.74, 6) is 0. The third-order valence-electron chi connectivity index (χ3n) is 4.48. The fraction of sp³-hybridized carbons (Fsp3) is 1.00. The lowest BCUT2D eigenvalue weighted by molar-refractivity contribution is -0.897. The number of halogens is 3. The summed E-state index contributed by atoms with van der Waals surface area (Å²) in [5, 5.41) is 0. The summed E-state index contributed by atoms with van der Waals surface area (Å²) in [6.45, 7) is 6.61. The Kier molecular flexibility index (Phi) is 11.1. The molecule has 0 N–H and O–H groups in total. The fourth-order valence-electron chi connectivity index (χ4n) is 2.95. The maximum absolute atomic E-state index is 10.7. The van der Waals surface area contributed by atoms with E-state index in [1.807, 2.05) is 0 Å². The Bertz CT molecular complexity index is 419. The number of alkyl halides is 3. The van der Waals surface area contributed by atoms with Crippen LogP contribution >= 0.6 is 0 Å². The van der Waals surface area contributed by atoms with Gasteiger partial charge in [0.2, 0.25) is 0 Å². The lowest BCUT2D eigenvalue weighted by atomic mass is 10.1. The van der Waals surface area contributed by atoms with Crippen LogP contribution in [0.1, 0.15) is 71.1 Å². The maximum Gasteiger partial charge on any atom is 0.485 e. The van der Waals surface area contributed by atoms with E-state index in [9.17, 15) is 13.2 Å². The summed E-state index contributed by atoms with van der Waals surface area (Å²) in [6.07, 6.45) is 14.6. The minimum absolute atomic E-state index is 1.37. The van der Waals surface area contributed by atoms with Crippen LogP contribution in [0.4, 0.5) is 13.2 Å². The van der Waals surface area contributed by atoms with E-state index in [1.165, 1.54) is 88.3 Å².